The third-order valence-electron chi connectivity index (χ3n) is 7.48. The van der Waals surface area contributed by atoms with E-state index in [4.69, 9.17) is 8.85 Å². The molecule has 2 rings (SSSR count). The maximum absolute atomic E-state index is 14.0. The largest absolute Gasteiger partial charge is 0.455 e. The third-order valence-corrected chi connectivity index (χ3v) is 10.8. The monoisotopic (exact) mass is 600 g/mol. The van der Waals surface area contributed by atoms with E-state index in [0.29, 0.717) is 16.8 Å². The lowest BCUT2D eigenvalue weighted by Crippen LogP contribution is -2.65. The number of hydrogen-bond donors (Lipinski definition) is 0. The molecular formula is C33H49F5O2Si. The second-order valence-corrected chi connectivity index (χ2v) is 14.0. The summed E-state index contributed by atoms with van der Waals surface area (Å²) in [5.74, 6) is -4.98. The molecule has 2 aromatic carbocycles. The van der Waals surface area contributed by atoms with Gasteiger partial charge in [0.15, 0.2) is 0 Å². The third kappa shape index (κ3) is 13.0. The standard InChI is InChI=1S/C33H49F5O2Si/c1-2-3-4-5-6-7-8-9-10-11-12-13-14-15-16-23-28-39-41(30-24-19-17-20-25-30,31-26-21-18-22-27-31)40-29-32(34,35)33(36,37)38/h17-22,24-27H,2-16,23,28-29H2,1H3. The summed E-state index contributed by atoms with van der Waals surface area (Å²) in [6.45, 7) is 0.689. The normalized spacial score (nSPS) is 12.6. The molecule has 0 saturated carbocycles. The number of hydrogen-bond acceptors (Lipinski definition) is 2. The molecule has 2 nitrogen and oxygen atoms in total. The topological polar surface area (TPSA) is 18.5 Å². The Morgan fingerprint density at radius 2 is 0.878 bits per heavy atom. The van der Waals surface area contributed by atoms with Gasteiger partial charge in [-0.2, -0.15) is 22.0 Å². The van der Waals surface area contributed by atoms with Gasteiger partial charge in [0.1, 0.15) is 6.61 Å². The van der Waals surface area contributed by atoms with Gasteiger partial charge in [-0.15, -0.1) is 0 Å². The predicted octanol–water partition coefficient (Wildman–Crippen LogP) is 9.74. The highest BCUT2D eigenvalue weighted by Crippen LogP contribution is 2.36. The van der Waals surface area contributed by atoms with Crippen LogP contribution < -0.4 is 10.4 Å². The summed E-state index contributed by atoms with van der Waals surface area (Å²) in [7, 11) is -3.83. The van der Waals surface area contributed by atoms with Crippen LogP contribution in [0, 0.1) is 0 Å². The Kier molecular flexibility index (Phi) is 16.8. The van der Waals surface area contributed by atoms with E-state index in [1.165, 1.54) is 77.0 Å². The van der Waals surface area contributed by atoms with Gasteiger partial charge in [-0.25, -0.2) is 0 Å². The summed E-state index contributed by atoms with van der Waals surface area (Å²) in [5, 5.41) is 1.00. The van der Waals surface area contributed by atoms with Crippen LogP contribution in [0.25, 0.3) is 0 Å². The first-order valence-electron chi connectivity index (χ1n) is 15.6. The highest BCUT2D eigenvalue weighted by Gasteiger charge is 2.59. The van der Waals surface area contributed by atoms with Crippen molar-refractivity contribution in [3.05, 3.63) is 60.7 Å². The molecule has 41 heavy (non-hydrogen) atoms. The Morgan fingerprint density at radius 3 is 1.24 bits per heavy atom. The van der Waals surface area contributed by atoms with Gasteiger partial charge in [0.25, 0.3) is 0 Å². The van der Waals surface area contributed by atoms with E-state index in [9.17, 15) is 22.0 Å². The molecule has 0 aliphatic carbocycles. The van der Waals surface area contributed by atoms with Gasteiger partial charge in [0.05, 0.1) is 0 Å². The smallest absolute Gasteiger partial charge is 0.388 e. The molecule has 0 saturated heterocycles. The van der Waals surface area contributed by atoms with Crippen LogP contribution in [-0.2, 0) is 8.85 Å². The Labute approximate surface area is 245 Å². The van der Waals surface area contributed by atoms with E-state index in [2.05, 4.69) is 6.92 Å². The maximum Gasteiger partial charge on any atom is 0.455 e. The van der Waals surface area contributed by atoms with E-state index in [-0.39, 0.29) is 6.61 Å². The minimum Gasteiger partial charge on any atom is -0.388 e. The minimum absolute atomic E-state index is 0.228. The zero-order valence-corrected chi connectivity index (χ0v) is 25.7. The van der Waals surface area contributed by atoms with E-state index < -0.39 is 27.3 Å². The van der Waals surface area contributed by atoms with Gasteiger partial charge in [-0.05, 0) is 16.8 Å². The molecule has 0 radical (unpaired) electrons. The van der Waals surface area contributed by atoms with Crippen LogP contribution in [-0.4, -0.2) is 33.9 Å². The van der Waals surface area contributed by atoms with Crippen LogP contribution in [0.4, 0.5) is 22.0 Å². The van der Waals surface area contributed by atoms with Gasteiger partial charge in [0.2, 0.25) is 0 Å². The first kappa shape index (κ1) is 35.4. The maximum atomic E-state index is 14.0. The van der Waals surface area contributed by atoms with Crippen molar-refractivity contribution < 1.29 is 30.8 Å². The van der Waals surface area contributed by atoms with Crippen molar-refractivity contribution in [2.75, 3.05) is 13.2 Å². The quantitative estimate of drug-likeness (QED) is 0.0718. The summed E-state index contributed by atoms with van der Waals surface area (Å²) in [6.07, 6.45) is 13.9. The van der Waals surface area contributed by atoms with E-state index in [1.807, 2.05) is 0 Å². The van der Waals surface area contributed by atoms with Crippen molar-refractivity contribution in [1.82, 2.24) is 0 Å². The Morgan fingerprint density at radius 1 is 0.512 bits per heavy atom. The molecule has 0 aromatic heterocycles. The van der Waals surface area contributed by atoms with Gasteiger partial charge < -0.3 is 8.85 Å². The predicted molar refractivity (Wildman–Crippen MR) is 160 cm³/mol. The summed E-state index contributed by atoms with van der Waals surface area (Å²) in [4.78, 5) is 0. The lowest BCUT2D eigenvalue weighted by atomic mass is 10.0. The average Bonchev–Trinajstić information content (AvgIpc) is 2.96. The van der Waals surface area contributed by atoms with Gasteiger partial charge in [-0.3, -0.25) is 0 Å². The fourth-order valence-electron chi connectivity index (χ4n) is 5.00. The lowest BCUT2D eigenvalue weighted by molar-refractivity contribution is -0.291. The Bertz CT molecular complexity index is 869. The highest BCUT2D eigenvalue weighted by molar-refractivity contribution is 6.92. The second kappa shape index (κ2) is 19.4. The fraction of sp³-hybridized carbons (Fsp3) is 0.636. The van der Waals surface area contributed by atoms with Crippen LogP contribution in [0.3, 0.4) is 0 Å². The van der Waals surface area contributed by atoms with Crippen molar-refractivity contribution in [1.29, 1.82) is 0 Å². The van der Waals surface area contributed by atoms with Crippen LogP contribution in [0.1, 0.15) is 110 Å². The summed E-state index contributed by atoms with van der Waals surface area (Å²) in [5.41, 5.74) is 0. The molecule has 0 aliphatic rings. The number of halogens is 5. The van der Waals surface area contributed by atoms with Crippen LogP contribution >= 0.6 is 0 Å². The molecule has 0 N–H and O–H groups in total. The second-order valence-electron chi connectivity index (χ2n) is 11.0. The van der Waals surface area contributed by atoms with Gasteiger partial charge in [-0.1, -0.05) is 164 Å². The van der Waals surface area contributed by atoms with E-state index in [1.54, 1.807) is 60.7 Å². The SMILES string of the molecule is CCCCCCCCCCCCCCCCCCO[Si](OCC(F)(F)C(F)(F)F)(c1ccccc1)c1ccccc1. The van der Waals surface area contributed by atoms with Crippen LogP contribution in [0.5, 0.6) is 0 Å². The zero-order valence-electron chi connectivity index (χ0n) is 24.7. The van der Waals surface area contributed by atoms with Crippen LogP contribution in [0.2, 0.25) is 0 Å². The summed E-state index contributed by atoms with van der Waals surface area (Å²) < 4.78 is 78.7. The van der Waals surface area contributed by atoms with Crippen molar-refractivity contribution in [2.45, 2.75) is 122 Å². The van der Waals surface area contributed by atoms with Crippen molar-refractivity contribution in [2.24, 2.45) is 0 Å². The molecule has 0 aliphatic heterocycles. The zero-order chi connectivity index (χ0) is 29.9. The Balaban J connectivity index is 1.79. The van der Waals surface area contributed by atoms with Crippen molar-refractivity contribution >= 4 is 18.9 Å². The summed E-state index contributed by atoms with van der Waals surface area (Å²) >= 11 is 0. The molecule has 0 heterocycles. The molecule has 0 atom stereocenters. The molecule has 2 aromatic rings. The first-order chi connectivity index (χ1) is 19.7. The molecule has 232 valence electrons. The number of unbranched alkanes of at least 4 members (excludes halogenated alkanes) is 15. The van der Waals surface area contributed by atoms with Gasteiger partial charge >= 0.3 is 20.7 Å². The fourth-order valence-corrected chi connectivity index (χ4v) is 8.16. The number of rotatable bonds is 23. The molecule has 0 bridgehead atoms. The number of benzene rings is 2. The molecule has 0 unspecified atom stereocenters. The average molecular weight is 601 g/mol. The molecule has 0 amide bonds. The number of alkyl halides is 5. The van der Waals surface area contributed by atoms with E-state index in [0.717, 1.165) is 19.3 Å². The first-order valence-corrected chi connectivity index (χ1v) is 17.4. The van der Waals surface area contributed by atoms with Crippen molar-refractivity contribution in [3.8, 4) is 0 Å². The summed E-state index contributed by atoms with van der Waals surface area (Å²) in [6, 6.07) is 17.1. The van der Waals surface area contributed by atoms with Crippen molar-refractivity contribution in [3.63, 3.8) is 0 Å². The molecule has 0 fully saturated rings. The Hall–Kier alpha value is -1.77. The highest BCUT2D eigenvalue weighted by atomic mass is 28.4. The minimum atomic E-state index is -5.70. The van der Waals surface area contributed by atoms with E-state index >= 15 is 0 Å². The molecular weight excluding hydrogens is 551 g/mol. The van der Waals surface area contributed by atoms with Crippen LogP contribution in [0.15, 0.2) is 60.7 Å². The lowest BCUT2D eigenvalue weighted by Gasteiger charge is -2.33. The van der Waals surface area contributed by atoms with Gasteiger partial charge in [0, 0.05) is 6.61 Å². The molecule has 8 heteroatoms. The molecule has 0 spiro atoms.